The van der Waals surface area contributed by atoms with Crippen molar-refractivity contribution in [3.63, 3.8) is 0 Å². The van der Waals surface area contributed by atoms with E-state index in [0.29, 0.717) is 16.3 Å². The van der Waals surface area contributed by atoms with E-state index >= 15 is 0 Å². The van der Waals surface area contributed by atoms with Gasteiger partial charge in [-0.3, -0.25) is 4.79 Å². The monoisotopic (exact) mass is 442 g/mol. The van der Waals surface area contributed by atoms with Gasteiger partial charge >= 0.3 is 5.97 Å². The molecule has 0 aliphatic rings. The lowest BCUT2D eigenvalue weighted by Crippen LogP contribution is -2.46. The maximum Gasteiger partial charge on any atom is 0.326 e. The smallest absolute Gasteiger partial charge is 0.326 e. The molecule has 0 aromatic heterocycles. The van der Waals surface area contributed by atoms with Gasteiger partial charge in [-0.2, -0.15) is 0 Å². The third-order valence-corrected chi connectivity index (χ3v) is 5.21. The lowest BCUT2D eigenvalue weighted by molar-refractivity contribution is -0.142. The Hall–Kier alpha value is -3.02. The average Bonchev–Trinajstić information content (AvgIpc) is 2.71. The van der Waals surface area contributed by atoms with Crippen molar-refractivity contribution in [2.75, 3.05) is 5.73 Å². The van der Waals surface area contributed by atoms with E-state index in [1.165, 1.54) is 17.0 Å². The molecule has 0 fully saturated rings. The van der Waals surface area contributed by atoms with Gasteiger partial charge in [0.15, 0.2) is 0 Å². The van der Waals surface area contributed by atoms with Crippen LogP contribution in [-0.4, -0.2) is 27.9 Å². The molecule has 3 rings (SSSR count). The number of carbonyl (C=O) groups is 2. The van der Waals surface area contributed by atoms with E-state index in [-0.39, 0.29) is 23.6 Å². The molecule has 0 bridgehead atoms. The molecule has 3 aromatic carbocycles. The SMILES string of the molecule is Nc1cccc(CN(C(=O)c2ccc(Cl)cc2Cl)C(Cc2ccccc2)C(=O)O)c1. The number of aliphatic carboxylic acids is 1. The van der Waals surface area contributed by atoms with Crippen LogP contribution in [0.2, 0.25) is 10.0 Å². The zero-order chi connectivity index (χ0) is 21.7. The van der Waals surface area contributed by atoms with Gasteiger partial charge in [-0.1, -0.05) is 65.7 Å². The van der Waals surface area contributed by atoms with Gasteiger partial charge in [0.25, 0.3) is 5.91 Å². The van der Waals surface area contributed by atoms with Crippen molar-refractivity contribution in [3.05, 3.63) is 99.5 Å². The lowest BCUT2D eigenvalue weighted by atomic mass is 10.0. The summed E-state index contributed by atoms with van der Waals surface area (Å²) in [6.07, 6.45) is 0.148. The van der Waals surface area contributed by atoms with Crippen LogP contribution in [0.5, 0.6) is 0 Å². The normalized spacial score (nSPS) is 11.7. The molecule has 0 aliphatic carbocycles. The largest absolute Gasteiger partial charge is 0.480 e. The first-order valence-corrected chi connectivity index (χ1v) is 9.98. The molecule has 0 heterocycles. The molecule has 154 valence electrons. The Kier molecular flexibility index (Phi) is 6.98. The number of anilines is 1. The quantitative estimate of drug-likeness (QED) is 0.508. The minimum Gasteiger partial charge on any atom is -0.480 e. The minimum atomic E-state index is -1.11. The summed E-state index contributed by atoms with van der Waals surface area (Å²) in [6, 6.07) is 19.6. The summed E-state index contributed by atoms with van der Waals surface area (Å²) in [6.45, 7) is 0.0621. The number of hydrogen-bond acceptors (Lipinski definition) is 3. The number of hydrogen-bond donors (Lipinski definition) is 2. The summed E-state index contributed by atoms with van der Waals surface area (Å²) in [5.74, 6) is -1.61. The fourth-order valence-electron chi connectivity index (χ4n) is 3.20. The van der Waals surface area contributed by atoms with Crippen molar-refractivity contribution < 1.29 is 14.7 Å². The number of halogens is 2. The molecule has 3 N–H and O–H groups in total. The summed E-state index contributed by atoms with van der Waals surface area (Å²) in [4.78, 5) is 26.9. The van der Waals surface area contributed by atoms with Gasteiger partial charge in [0.1, 0.15) is 6.04 Å². The van der Waals surface area contributed by atoms with Gasteiger partial charge in [-0.15, -0.1) is 0 Å². The highest BCUT2D eigenvalue weighted by atomic mass is 35.5. The van der Waals surface area contributed by atoms with Crippen LogP contribution in [0.25, 0.3) is 0 Å². The number of rotatable bonds is 7. The summed E-state index contributed by atoms with van der Waals surface area (Å²) < 4.78 is 0. The highest BCUT2D eigenvalue weighted by molar-refractivity contribution is 6.36. The molecule has 3 aromatic rings. The van der Waals surface area contributed by atoms with Crippen molar-refractivity contribution in [2.45, 2.75) is 19.0 Å². The molecule has 0 saturated carbocycles. The Morgan fingerprint density at radius 1 is 0.933 bits per heavy atom. The molecule has 0 spiro atoms. The van der Waals surface area contributed by atoms with Crippen LogP contribution in [0.4, 0.5) is 5.69 Å². The zero-order valence-corrected chi connectivity index (χ0v) is 17.5. The molecule has 1 unspecified atom stereocenters. The number of benzene rings is 3. The number of nitrogens with zero attached hydrogens (tertiary/aromatic N) is 1. The second-order valence-electron chi connectivity index (χ2n) is 6.85. The van der Waals surface area contributed by atoms with Gasteiger partial charge in [-0.25, -0.2) is 4.79 Å². The third kappa shape index (κ3) is 5.32. The number of nitrogen functional groups attached to an aromatic ring is 1. The molecule has 1 amide bonds. The van der Waals surface area contributed by atoms with Crippen molar-refractivity contribution in [2.24, 2.45) is 0 Å². The predicted molar refractivity (Wildman–Crippen MR) is 119 cm³/mol. The molecular weight excluding hydrogens is 423 g/mol. The van der Waals surface area contributed by atoms with Crippen molar-refractivity contribution in [1.29, 1.82) is 0 Å². The lowest BCUT2D eigenvalue weighted by Gasteiger charge is -2.30. The number of carboxylic acids is 1. The van der Waals surface area contributed by atoms with E-state index in [1.807, 2.05) is 30.3 Å². The third-order valence-electron chi connectivity index (χ3n) is 4.66. The van der Waals surface area contributed by atoms with E-state index < -0.39 is 17.9 Å². The first kappa shape index (κ1) is 21.7. The van der Waals surface area contributed by atoms with Gasteiger partial charge in [0, 0.05) is 23.7 Å². The van der Waals surface area contributed by atoms with Gasteiger partial charge < -0.3 is 15.7 Å². The Labute approximate surface area is 184 Å². The topological polar surface area (TPSA) is 83.6 Å². The molecule has 0 saturated heterocycles. The van der Waals surface area contributed by atoms with Crippen LogP contribution in [0.3, 0.4) is 0 Å². The Bertz CT molecular complexity index is 1060. The van der Waals surface area contributed by atoms with Crippen molar-refractivity contribution >= 4 is 40.8 Å². The standard InChI is InChI=1S/C23H20Cl2N2O3/c24-17-9-10-19(20(25)13-17)22(28)27(14-16-7-4-8-18(26)11-16)21(23(29)30)12-15-5-2-1-3-6-15/h1-11,13,21H,12,14,26H2,(H,29,30). The summed E-state index contributed by atoms with van der Waals surface area (Å²) in [5.41, 5.74) is 8.10. The van der Waals surface area contributed by atoms with Crippen LogP contribution in [0.1, 0.15) is 21.5 Å². The highest BCUT2D eigenvalue weighted by Gasteiger charge is 2.31. The Balaban J connectivity index is 2.02. The van der Waals surface area contributed by atoms with E-state index in [4.69, 9.17) is 28.9 Å². The maximum atomic E-state index is 13.4. The Morgan fingerprint density at radius 2 is 1.63 bits per heavy atom. The predicted octanol–water partition coefficient (Wildman–Crippen LogP) is 4.91. The number of nitrogens with two attached hydrogens (primary N) is 1. The molecule has 7 heteroatoms. The minimum absolute atomic E-state index is 0.0621. The second kappa shape index (κ2) is 9.65. The van der Waals surface area contributed by atoms with Crippen LogP contribution in [-0.2, 0) is 17.8 Å². The van der Waals surface area contributed by atoms with Crippen LogP contribution in [0, 0.1) is 0 Å². The molecule has 5 nitrogen and oxygen atoms in total. The van der Waals surface area contributed by atoms with Gasteiger partial charge in [0.2, 0.25) is 0 Å². The molecule has 0 aliphatic heterocycles. The molecule has 30 heavy (non-hydrogen) atoms. The first-order chi connectivity index (χ1) is 14.3. The number of carboxylic acid groups (broad SMARTS) is 1. The van der Waals surface area contributed by atoms with Crippen molar-refractivity contribution in [1.82, 2.24) is 4.90 Å². The molecule has 0 radical (unpaired) electrons. The van der Waals surface area contributed by atoms with Gasteiger partial charge in [-0.05, 0) is 41.5 Å². The molecular formula is C23H20Cl2N2O3. The fourth-order valence-corrected chi connectivity index (χ4v) is 3.69. The summed E-state index contributed by atoms with van der Waals surface area (Å²) in [5, 5.41) is 10.5. The summed E-state index contributed by atoms with van der Waals surface area (Å²) >= 11 is 12.2. The first-order valence-electron chi connectivity index (χ1n) is 9.22. The van der Waals surface area contributed by atoms with Crippen LogP contribution < -0.4 is 5.73 Å². The average molecular weight is 443 g/mol. The zero-order valence-electron chi connectivity index (χ0n) is 16.0. The molecule has 1 atom stereocenters. The number of amides is 1. The van der Waals surface area contributed by atoms with E-state index in [9.17, 15) is 14.7 Å². The van der Waals surface area contributed by atoms with Crippen molar-refractivity contribution in [3.8, 4) is 0 Å². The highest BCUT2D eigenvalue weighted by Crippen LogP contribution is 2.25. The van der Waals surface area contributed by atoms with E-state index in [2.05, 4.69) is 0 Å². The second-order valence-corrected chi connectivity index (χ2v) is 7.69. The summed E-state index contributed by atoms with van der Waals surface area (Å²) in [7, 11) is 0. The van der Waals surface area contributed by atoms with Gasteiger partial charge in [0.05, 0.1) is 10.6 Å². The van der Waals surface area contributed by atoms with Crippen LogP contribution in [0.15, 0.2) is 72.8 Å². The number of carbonyl (C=O) groups excluding carboxylic acids is 1. The van der Waals surface area contributed by atoms with Crippen LogP contribution >= 0.6 is 23.2 Å². The fraction of sp³-hybridized carbons (Fsp3) is 0.130. The van der Waals surface area contributed by atoms with E-state index in [0.717, 1.165) is 5.56 Å². The maximum absolute atomic E-state index is 13.4. The van der Waals surface area contributed by atoms with E-state index in [1.54, 1.807) is 30.3 Å². The Morgan fingerprint density at radius 3 is 2.27 bits per heavy atom.